The van der Waals surface area contributed by atoms with E-state index < -0.39 is 0 Å². The van der Waals surface area contributed by atoms with Gasteiger partial charge in [0.2, 0.25) is 0 Å². The lowest BCUT2D eigenvalue weighted by Crippen LogP contribution is -2.31. The fraction of sp³-hybridized carbons (Fsp3) is 0.625. The Bertz CT molecular complexity index is 377. The van der Waals surface area contributed by atoms with E-state index in [-0.39, 0.29) is 6.61 Å². The first kappa shape index (κ1) is 14.4. The molecule has 1 fully saturated rings. The zero-order chi connectivity index (χ0) is 13.7. The van der Waals surface area contributed by atoms with Crippen LogP contribution in [0.3, 0.4) is 0 Å². The molecule has 1 aliphatic heterocycles. The molecule has 0 spiro atoms. The van der Waals surface area contributed by atoms with Gasteiger partial charge in [0.25, 0.3) is 0 Å². The zero-order valence-corrected chi connectivity index (χ0v) is 12.1. The minimum Gasteiger partial charge on any atom is -0.394 e. The highest BCUT2D eigenvalue weighted by atomic mass is 16.3. The largest absolute Gasteiger partial charge is 0.394 e. The van der Waals surface area contributed by atoms with Crippen molar-refractivity contribution in [1.82, 2.24) is 5.32 Å². The van der Waals surface area contributed by atoms with E-state index in [0.29, 0.717) is 12.1 Å². The fourth-order valence-electron chi connectivity index (χ4n) is 2.80. The Morgan fingerprint density at radius 1 is 1.37 bits per heavy atom. The van der Waals surface area contributed by atoms with E-state index in [2.05, 4.69) is 48.3 Å². The number of nitrogens with zero attached hydrogens (tertiary/aromatic N) is 1. The highest BCUT2D eigenvalue weighted by molar-refractivity contribution is 5.49. The van der Waals surface area contributed by atoms with Crippen molar-refractivity contribution in [2.45, 2.75) is 45.2 Å². The van der Waals surface area contributed by atoms with Crippen LogP contribution in [0, 0.1) is 0 Å². The van der Waals surface area contributed by atoms with Gasteiger partial charge < -0.3 is 15.3 Å². The maximum Gasteiger partial charge on any atom is 0.0635 e. The molecule has 19 heavy (non-hydrogen) atoms. The summed E-state index contributed by atoms with van der Waals surface area (Å²) in [6.07, 6.45) is 3.45. The molecule has 3 heteroatoms. The number of hydrogen-bond acceptors (Lipinski definition) is 3. The predicted molar refractivity (Wildman–Crippen MR) is 80.6 cm³/mol. The summed E-state index contributed by atoms with van der Waals surface area (Å²) in [4.78, 5) is 2.33. The maximum absolute atomic E-state index is 9.39. The molecule has 0 aliphatic carbocycles. The van der Waals surface area contributed by atoms with Crippen molar-refractivity contribution >= 4 is 5.69 Å². The summed E-state index contributed by atoms with van der Waals surface area (Å²) in [5.74, 6) is 0. The summed E-state index contributed by atoms with van der Waals surface area (Å²) in [5, 5.41) is 12.9. The van der Waals surface area contributed by atoms with Crippen molar-refractivity contribution in [3.8, 4) is 0 Å². The topological polar surface area (TPSA) is 35.5 Å². The first-order valence-electron chi connectivity index (χ1n) is 7.47. The van der Waals surface area contributed by atoms with Gasteiger partial charge in [-0.3, -0.25) is 0 Å². The molecule has 1 heterocycles. The molecule has 2 unspecified atom stereocenters. The Morgan fingerprint density at radius 2 is 2.11 bits per heavy atom. The van der Waals surface area contributed by atoms with Crippen LogP contribution in [0.5, 0.6) is 0 Å². The van der Waals surface area contributed by atoms with Crippen LogP contribution in [0.1, 0.15) is 44.7 Å². The van der Waals surface area contributed by atoms with Crippen LogP contribution in [0.15, 0.2) is 24.3 Å². The Labute approximate surface area is 116 Å². The van der Waals surface area contributed by atoms with E-state index in [1.807, 2.05) is 0 Å². The van der Waals surface area contributed by atoms with Crippen LogP contribution < -0.4 is 10.2 Å². The van der Waals surface area contributed by atoms with Gasteiger partial charge in [-0.2, -0.15) is 0 Å². The Morgan fingerprint density at radius 3 is 2.74 bits per heavy atom. The smallest absolute Gasteiger partial charge is 0.0635 e. The van der Waals surface area contributed by atoms with Crippen molar-refractivity contribution in [3.05, 3.63) is 29.8 Å². The molecule has 0 amide bonds. The molecular weight excluding hydrogens is 236 g/mol. The van der Waals surface area contributed by atoms with Gasteiger partial charge in [0, 0.05) is 18.3 Å². The monoisotopic (exact) mass is 262 g/mol. The molecular formula is C16H26N2O. The fourth-order valence-corrected chi connectivity index (χ4v) is 2.80. The molecule has 1 aromatic rings. The maximum atomic E-state index is 9.39. The lowest BCUT2D eigenvalue weighted by atomic mass is 10.1. The van der Waals surface area contributed by atoms with Crippen molar-refractivity contribution in [1.29, 1.82) is 0 Å². The molecule has 106 valence electrons. The third-order valence-electron chi connectivity index (χ3n) is 4.01. The summed E-state index contributed by atoms with van der Waals surface area (Å²) in [5.41, 5.74) is 2.57. The van der Waals surface area contributed by atoms with E-state index in [0.717, 1.165) is 25.9 Å². The molecule has 2 N–H and O–H groups in total. The Balaban J connectivity index is 2.01. The molecule has 0 bridgehead atoms. The summed E-state index contributed by atoms with van der Waals surface area (Å²) < 4.78 is 0. The lowest BCUT2D eigenvalue weighted by molar-refractivity contribution is 0.266. The molecule has 1 saturated heterocycles. The number of aliphatic hydroxyl groups excluding tert-OH is 1. The first-order valence-corrected chi connectivity index (χ1v) is 7.47. The van der Waals surface area contributed by atoms with Crippen molar-refractivity contribution in [2.24, 2.45) is 0 Å². The summed E-state index contributed by atoms with van der Waals surface area (Å²) in [7, 11) is 0. The van der Waals surface area contributed by atoms with E-state index in [4.69, 9.17) is 0 Å². The van der Waals surface area contributed by atoms with Gasteiger partial charge in [-0.25, -0.2) is 0 Å². The minimum atomic E-state index is 0.260. The van der Waals surface area contributed by atoms with Crippen molar-refractivity contribution < 1.29 is 5.11 Å². The second-order valence-corrected chi connectivity index (χ2v) is 5.44. The Kier molecular flexibility index (Phi) is 5.23. The highest BCUT2D eigenvalue weighted by Gasteiger charge is 2.23. The number of anilines is 1. The van der Waals surface area contributed by atoms with Crippen LogP contribution in [0.25, 0.3) is 0 Å². The van der Waals surface area contributed by atoms with E-state index >= 15 is 0 Å². The van der Waals surface area contributed by atoms with Crippen LogP contribution in [-0.4, -0.2) is 30.8 Å². The number of rotatable bonds is 6. The van der Waals surface area contributed by atoms with E-state index in [1.165, 1.54) is 17.7 Å². The quantitative estimate of drug-likeness (QED) is 0.827. The minimum absolute atomic E-state index is 0.260. The normalized spacial score (nSPS) is 20.8. The first-order chi connectivity index (χ1) is 9.26. The van der Waals surface area contributed by atoms with Crippen LogP contribution >= 0.6 is 0 Å². The molecule has 1 aromatic carbocycles. The average Bonchev–Trinajstić information content (AvgIpc) is 2.93. The summed E-state index contributed by atoms with van der Waals surface area (Å²) in [6.45, 7) is 6.77. The third-order valence-corrected chi connectivity index (χ3v) is 4.01. The number of hydrogen-bond donors (Lipinski definition) is 2. The second-order valence-electron chi connectivity index (χ2n) is 5.44. The van der Waals surface area contributed by atoms with Gasteiger partial charge in [0.1, 0.15) is 0 Å². The van der Waals surface area contributed by atoms with E-state index in [1.54, 1.807) is 0 Å². The third kappa shape index (κ3) is 3.48. The average molecular weight is 262 g/mol. The van der Waals surface area contributed by atoms with Gasteiger partial charge in [-0.15, -0.1) is 0 Å². The van der Waals surface area contributed by atoms with Crippen molar-refractivity contribution in [2.75, 3.05) is 24.6 Å². The van der Waals surface area contributed by atoms with Crippen LogP contribution in [0.2, 0.25) is 0 Å². The number of aliphatic hydroxyl groups is 1. The zero-order valence-electron chi connectivity index (χ0n) is 12.1. The van der Waals surface area contributed by atoms with Gasteiger partial charge in [0.15, 0.2) is 0 Å². The van der Waals surface area contributed by atoms with Gasteiger partial charge in [-0.1, -0.05) is 19.1 Å². The van der Waals surface area contributed by atoms with E-state index in [9.17, 15) is 5.11 Å². The van der Waals surface area contributed by atoms with Crippen molar-refractivity contribution in [3.63, 3.8) is 0 Å². The predicted octanol–water partition coefficient (Wildman–Crippen LogP) is 2.71. The molecule has 0 saturated carbocycles. The SMILES string of the molecule is CCCNC(C)c1ccc(N2CCCC2CO)cc1. The molecule has 0 radical (unpaired) electrons. The van der Waals surface area contributed by atoms with Crippen LogP contribution in [-0.2, 0) is 0 Å². The molecule has 1 aliphatic rings. The standard InChI is InChI=1S/C16H26N2O/c1-3-10-17-13(2)14-6-8-15(9-7-14)18-11-4-5-16(18)12-19/h6-9,13,16-17,19H,3-5,10-12H2,1-2H3. The Hall–Kier alpha value is -1.06. The molecule has 0 aromatic heterocycles. The summed E-state index contributed by atoms with van der Waals surface area (Å²) in [6, 6.07) is 9.49. The second kappa shape index (κ2) is 6.92. The number of benzene rings is 1. The van der Waals surface area contributed by atoms with Gasteiger partial charge in [-0.05, 0) is 50.4 Å². The highest BCUT2D eigenvalue weighted by Crippen LogP contribution is 2.26. The van der Waals surface area contributed by atoms with Gasteiger partial charge >= 0.3 is 0 Å². The van der Waals surface area contributed by atoms with Gasteiger partial charge in [0.05, 0.1) is 12.6 Å². The lowest BCUT2D eigenvalue weighted by Gasteiger charge is -2.25. The summed E-state index contributed by atoms with van der Waals surface area (Å²) >= 11 is 0. The molecule has 3 nitrogen and oxygen atoms in total. The number of nitrogens with one attached hydrogen (secondary N) is 1. The molecule has 2 atom stereocenters. The molecule has 2 rings (SSSR count). The van der Waals surface area contributed by atoms with Crippen LogP contribution in [0.4, 0.5) is 5.69 Å².